The lowest BCUT2D eigenvalue weighted by Gasteiger charge is -2.29. The second-order valence-electron chi connectivity index (χ2n) is 8.73. The molecule has 0 spiro atoms. The molecule has 3 heterocycles. The number of piperidine rings is 1. The lowest BCUT2D eigenvalue weighted by atomic mass is 10.1. The number of benzene rings is 2. The molecular weight excluding hydrogens is 408 g/mol. The number of carbonyl (C=O) groups is 1. The van der Waals surface area contributed by atoms with E-state index in [1.54, 1.807) is 24.1 Å². The van der Waals surface area contributed by atoms with Gasteiger partial charge >= 0.3 is 0 Å². The van der Waals surface area contributed by atoms with Crippen molar-refractivity contribution in [1.82, 2.24) is 20.0 Å². The number of ether oxygens (including phenoxy) is 2. The first-order valence-corrected chi connectivity index (χ1v) is 11.0. The molecule has 0 unspecified atom stereocenters. The van der Waals surface area contributed by atoms with Crippen molar-refractivity contribution >= 4 is 16.8 Å². The first-order valence-electron chi connectivity index (χ1n) is 11.0. The molecule has 0 saturated carbocycles. The second-order valence-corrected chi connectivity index (χ2v) is 8.73. The van der Waals surface area contributed by atoms with E-state index in [9.17, 15) is 9.90 Å². The van der Waals surface area contributed by atoms with Gasteiger partial charge < -0.3 is 24.4 Å². The highest BCUT2D eigenvalue weighted by Crippen LogP contribution is 2.32. The van der Waals surface area contributed by atoms with Crippen molar-refractivity contribution in [3.8, 4) is 11.5 Å². The molecule has 0 bridgehead atoms. The normalized spacial score (nSPS) is 17.1. The maximum absolute atomic E-state index is 13.3. The van der Waals surface area contributed by atoms with Gasteiger partial charge in [0.05, 0.1) is 23.4 Å². The third-order valence-electron chi connectivity index (χ3n) is 6.43. The summed E-state index contributed by atoms with van der Waals surface area (Å²) in [4.78, 5) is 17.3. The number of carbonyl (C=O) groups excluding carboxylic acids is 1. The standard InChI is InChI=1S/C24H28N4O4/c1-27-7-5-17(6-8-27)32-18-4-3-15-12-28(13-16(15)9-18)24(30)20-10-19-21(11-23(20)29)25-26-22(19)14-31-2/h3-4,9-11,17,29H,5-8,12-14H2,1-2H3,(H,25,26). The van der Waals surface area contributed by atoms with Crippen LogP contribution in [-0.2, 0) is 24.4 Å². The fourth-order valence-corrected chi connectivity index (χ4v) is 4.58. The fraction of sp³-hybridized carbons (Fsp3) is 0.417. The monoisotopic (exact) mass is 436 g/mol. The van der Waals surface area contributed by atoms with Gasteiger partial charge in [-0.15, -0.1) is 0 Å². The van der Waals surface area contributed by atoms with Crippen LogP contribution in [0.15, 0.2) is 30.3 Å². The zero-order valence-electron chi connectivity index (χ0n) is 18.4. The summed E-state index contributed by atoms with van der Waals surface area (Å²) in [7, 11) is 3.73. The van der Waals surface area contributed by atoms with E-state index in [0.29, 0.717) is 30.9 Å². The van der Waals surface area contributed by atoms with Gasteiger partial charge in [0.2, 0.25) is 0 Å². The van der Waals surface area contributed by atoms with Gasteiger partial charge in [-0.05, 0) is 49.2 Å². The van der Waals surface area contributed by atoms with E-state index >= 15 is 0 Å². The van der Waals surface area contributed by atoms with Crippen LogP contribution in [0.25, 0.3) is 10.9 Å². The summed E-state index contributed by atoms with van der Waals surface area (Å²) in [6, 6.07) is 9.34. The summed E-state index contributed by atoms with van der Waals surface area (Å²) in [5.41, 5.74) is 3.85. The first-order chi connectivity index (χ1) is 15.5. The van der Waals surface area contributed by atoms with Crippen molar-refractivity contribution in [3.05, 3.63) is 52.7 Å². The predicted octanol–water partition coefficient (Wildman–Crippen LogP) is 3.04. The number of phenolic OH excluding ortho intramolecular Hbond substituents is 1. The van der Waals surface area contributed by atoms with E-state index in [1.165, 1.54) is 0 Å². The Balaban J connectivity index is 1.32. The van der Waals surface area contributed by atoms with Crippen LogP contribution in [0, 0.1) is 0 Å². The number of nitrogens with zero attached hydrogens (tertiary/aromatic N) is 3. The van der Waals surface area contributed by atoms with Crippen molar-refractivity contribution in [2.75, 3.05) is 27.2 Å². The Hall–Kier alpha value is -3.10. The minimum atomic E-state index is -0.206. The minimum Gasteiger partial charge on any atom is -0.507 e. The van der Waals surface area contributed by atoms with E-state index in [-0.39, 0.29) is 23.3 Å². The number of fused-ring (bicyclic) bond motifs is 2. The number of phenols is 1. The van der Waals surface area contributed by atoms with Crippen LogP contribution in [0.2, 0.25) is 0 Å². The van der Waals surface area contributed by atoms with Gasteiger partial charge in [-0.2, -0.15) is 5.10 Å². The Morgan fingerprint density at radius 3 is 2.75 bits per heavy atom. The van der Waals surface area contributed by atoms with Crippen LogP contribution in [0.5, 0.6) is 11.5 Å². The van der Waals surface area contributed by atoms with Gasteiger partial charge in [0, 0.05) is 44.7 Å². The second kappa shape index (κ2) is 8.44. The van der Waals surface area contributed by atoms with Gasteiger partial charge in [0.25, 0.3) is 5.91 Å². The average molecular weight is 437 g/mol. The fourth-order valence-electron chi connectivity index (χ4n) is 4.58. The molecule has 1 amide bonds. The SMILES string of the molecule is COCc1n[nH]c2cc(O)c(C(=O)N3Cc4ccc(OC5CCN(C)CC5)cc4C3)cc12. The Morgan fingerprint density at radius 1 is 1.19 bits per heavy atom. The highest BCUT2D eigenvalue weighted by atomic mass is 16.5. The van der Waals surface area contributed by atoms with Gasteiger partial charge in [-0.3, -0.25) is 9.89 Å². The number of rotatable bonds is 5. The van der Waals surface area contributed by atoms with Crippen LogP contribution in [0.3, 0.4) is 0 Å². The van der Waals surface area contributed by atoms with Crippen LogP contribution >= 0.6 is 0 Å². The first kappa shape index (κ1) is 20.8. The van der Waals surface area contributed by atoms with Crippen LogP contribution < -0.4 is 4.74 Å². The van der Waals surface area contributed by atoms with Crippen LogP contribution in [0.4, 0.5) is 0 Å². The zero-order valence-corrected chi connectivity index (χ0v) is 18.4. The molecule has 2 aliphatic rings. The third kappa shape index (κ3) is 3.91. The average Bonchev–Trinajstić information content (AvgIpc) is 3.38. The van der Waals surface area contributed by atoms with Crippen molar-refractivity contribution in [1.29, 1.82) is 0 Å². The number of hydrogen-bond acceptors (Lipinski definition) is 6. The summed E-state index contributed by atoms with van der Waals surface area (Å²) < 4.78 is 11.4. The molecule has 5 rings (SSSR count). The van der Waals surface area contributed by atoms with E-state index in [0.717, 1.165) is 48.2 Å². The topological polar surface area (TPSA) is 90.9 Å². The molecule has 1 saturated heterocycles. The summed E-state index contributed by atoms with van der Waals surface area (Å²) in [5, 5.41) is 18.4. The molecule has 0 radical (unpaired) electrons. The Morgan fingerprint density at radius 2 is 1.97 bits per heavy atom. The highest BCUT2D eigenvalue weighted by molar-refractivity contribution is 6.01. The third-order valence-corrected chi connectivity index (χ3v) is 6.43. The zero-order chi connectivity index (χ0) is 22.2. The number of likely N-dealkylation sites (tertiary alicyclic amines) is 1. The number of nitrogens with one attached hydrogen (secondary N) is 1. The molecule has 3 aromatic rings. The number of H-pyrrole nitrogens is 1. The number of methoxy groups -OCH3 is 1. The summed E-state index contributed by atoms with van der Waals surface area (Å²) in [5.74, 6) is 0.597. The van der Waals surface area contributed by atoms with Gasteiger partial charge in [0.1, 0.15) is 17.6 Å². The van der Waals surface area contributed by atoms with E-state index in [2.05, 4.69) is 28.2 Å². The van der Waals surface area contributed by atoms with Gasteiger partial charge in [-0.1, -0.05) is 6.07 Å². The molecule has 32 heavy (non-hydrogen) atoms. The highest BCUT2D eigenvalue weighted by Gasteiger charge is 2.28. The smallest absolute Gasteiger partial charge is 0.258 e. The lowest BCUT2D eigenvalue weighted by molar-refractivity contribution is 0.0748. The van der Waals surface area contributed by atoms with E-state index in [1.807, 2.05) is 12.1 Å². The van der Waals surface area contributed by atoms with Crippen molar-refractivity contribution in [2.24, 2.45) is 0 Å². The number of hydrogen-bond donors (Lipinski definition) is 2. The van der Waals surface area contributed by atoms with E-state index in [4.69, 9.17) is 9.47 Å². The van der Waals surface area contributed by atoms with Crippen LogP contribution in [0.1, 0.15) is 40.0 Å². The Kier molecular flexibility index (Phi) is 5.48. The summed E-state index contributed by atoms with van der Waals surface area (Å²) >= 11 is 0. The number of aromatic hydroxyl groups is 1. The van der Waals surface area contributed by atoms with Crippen molar-refractivity contribution in [3.63, 3.8) is 0 Å². The largest absolute Gasteiger partial charge is 0.507 e. The Bertz CT molecular complexity index is 1150. The maximum Gasteiger partial charge on any atom is 0.258 e. The van der Waals surface area contributed by atoms with Gasteiger partial charge in [-0.25, -0.2) is 0 Å². The van der Waals surface area contributed by atoms with Crippen molar-refractivity contribution in [2.45, 2.75) is 38.6 Å². The molecule has 1 aromatic heterocycles. The van der Waals surface area contributed by atoms with Gasteiger partial charge in [0.15, 0.2) is 0 Å². The lowest BCUT2D eigenvalue weighted by Crippen LogP contribution is -2.35. The summed E-state index contributed by atoms with van der Waals surface area (Å²) in [6.45, 7) is 3.43. The summed E-state index contributed by atoms with van der Waals surface area (Å²) in [6.07, 6.45) is 2.29. The molecular formula is C24H28N4O4. The molecule has 0 atom stereocenters. The quantitative estimate of drug-likeness (QED) is 0.639. The molecule has 2 N–H and O–H groups in total. The molecule has 2 aromatic carbocycles. The number of aromatic nitrogens is 2. The molecule has 1 fully saturated rings. The molecule has 8 heteroatoms. The predicted molar refractivity (Wildman–Crippen MR) is 120 cm³/mol. The molecule has 8 nitrogen and oxygen atoms in total. The molecule has 2 aliphatic heterocycles. The Labute approximate surface area is 186 Å². The van der Waals surface area contributed by atoms with E-state index < -0.39 is 0 Å². The maximum atomic E-state index is 13.3. The molecule has 0 aliphatic carbocycles. The number of aromatic amines is 1. The molecule has 168 valence electrons. The minimum absolute atomic E-state index is 0.0580. The van der Waals surface area contributed by atoms with Crippen molar-refractivity contribution < 1.29 is 19.4 Å². The van der Waals surface area contributed by atoms with Crippen LogP contribution in [-0.4, -0.2) is 64.4 Å². The number of amides is 1.